The lowest BCUT2D eigenvalue weighted by atomic mass is 9.92. The molecule has 3 unspecified atom stereocenters. The standard InChI is InChI=1S/C12H26N2/c1-5-11(4)14(6-2)12-7-8-13-9-10(12)3/h10-13H,5-9H2,1-4H3. The van der Waals surface area contributed by atoms with E-state index in [4.69, 9.17) is 0 Å². The summed E-state index contributed by atoms with van der Waals surface area (Å²) in [5.74, 6) is 0.803. The molecule has 0 amide bonds. The lowest BCUT2D eigenvalue weighted by molar-refractivity contribution is 0.0863. The van der Waals surface area contributed by atoms with Crippen LogP contribution in [-0.2, 0) is 0 Å². The SMILES string of the molecule is CCC(C)N(CC)C1CCNCC1C. The zero-order valence-corrected chi connectivity index (χ0v) is 10.2. The molecule has 1 heterocycles. The van der Waals surface area contributed by atoms with Gasteiger partial charge in [0, 0.05) is 12.1 Å². The van der Waals surface area contributed by atoms with Crippen molar-refractivity contribution in [3.8, 4) is 0 Å². The summed E-state index contributed by atoms with van der Waals surface area (Å²) in [6, 6.07) is 1.54. The molecule has 84 valence electrons. The fourth-order valence-electron chi connectivity index (χ4n) is 2.60. The minimum Gasteiger partial charge on any atom is -0.316 e. The van der Waals surface area contributed by atoms with Crippen LogP contribution in [-0.4, -0.2) is 36.6 Å². The van der Waals surface area contributed by atoms with Gasteiger partial charge in [-0.3, -0.25) is 4.90 Å². The number of rotatable bonds is 4. The highest BCUT2D eigenvalue weighted by Crippen LogP contribution is 2.20. The zero-order chi connectivity index (χ0) is 10.6. The van der Waals surface area contributed by atoms with E-state index in [9.17, 15) is 0 Å². The minimum absolute atomic E-state index is 0.741. The molecule has 2 heteroatoms. The Bertz CT molecular complexity index is 154. The first kappa shape index (κ1) is 12.0. The van der Waals surface area contributed by atoms with Crippen LogP contribution in [0.1, 0.15) is 40.5 Å². The smallest absolute Gasteiger partial charge is 0.0148 e. The maximum atomic E-state index is 3.47. The first-order valence-corrected chi connectivity index (χ1v) is 6.17. The van der Waals surface area contributed by atoms with Crippen molar-refractivity contribution in [1.82, 2.24) is 10.2 Å². The largest absolute Gasteiger partial charge is 0.316 e. The van der Waals surface area contributed by atoms with Crippen molar-refractivity contribution < 1.29 is 0 Å². The number of nitrogens with zero attached hydrogens (tertiary/aromatic N) is 1. The third kappa shape index (κ3) is 2.71. The second-order valence-electron chi connectivity index (χ2n) is 4.63. The van der Waals surface area contributed by atoms with E-state index in [-0.39, 0.29) is 0 Å². The van der Waals surface area contributed by atoms with Crippen LogP contribution in [0, 0.1) is 5.92 Å². The molecule has 0 radical (unpaired) electrons. The van der Waals surface area contributed by atoms with E-state index in [0.29, 0.717) is 0 Å². The molecule has 14 heavy (non-hydrogen) atoms. The fraction of sp³-hybridized carbons (Fsp3) is 1.00. The molecular weight excluding hydrogens is 172 g/mol. The quantitative estimate of drug-likeness (QED) is 0.744. The number of hydrogen-bond acceptors (Lipinski definition) is 2. The second-order valence-corrected chi connectivity index (χ2v) is 4.63. The van der Waals surface area contributed by atoms with Crippen molar-refractivity contribution in [2.24, 2.45) is 5.92 Å². The molecule has 1 aliphatic heterocycles. The summed E-state index contributed by atoms with van der Waals surface area (Å²) in [4.78, 5) is 2.69. The highest BCUT2D eigenvalue weighted by Gasteiger charge is 2.28. The van der Waals surface area contributed by atoms with Crippen LogP contribution < -0.4 is 5.32 Å². The molecule has 0 saturated carbocycles. The molecule has 0 spiro atoms. The van der Waals surface area contributed by atoms with Crippen molar-refractivity contribution in [1.29, 1.82) is 0 Å². The molecule has 0 bridgehead atoms. The van der Waals surface area contributed by atoms with Crippen LogP contribution in [0.15, 0.2) is 0 Å². The molecule has 1 saturated heterocycles. The van der Waals surface area contributed by atoms with Crippen molar-refractivity contribution in [3.05, 3.63) is 0 Å². The summed E-state index contributed by atoms with van der Waals surface area (Å²) in [5.41, 5.74) is 0. The third-order valence-electron chi connectivity index (χ3n) is 3.69. The van der Waals surface area contributed by atoms with E-state index in [1.807, 2.05) is 0 Å². The number of nitrogens with one attached hydrogen (secondary N) is 1. The van der Waals surface area contributed by atoms with Crippen molar-refractivity contribution in [2.45, 2.75) is 52.6 Å². The van der Waals surface area contributed by atoms with E-state index >= 15 is 0 Å². The fourth-order valence-corrected chi connectivity index (χ4v) is 2.60. The summed E-state index contributed by atoms with van der Waals surface area (Å²) in [6.07, 6.45) is 2.59. The molecule has 0 aromatic carbocycles. The molecule has 1 N–H and O–H groups in total. The number of piperidine rings is 1. The average molecular weight is 198 g/mol. The van der Waals surface area contributed by atoms with Gasteiger partial charge in [0.2, 0.25) is 0 Å². The van der Waals surface area contributed by atoms with Gasteiger partial charge >= 0.3 is 0 Å². The Morgan fingerprint density at radius 2 is 2.14 bits per heavy atom. The summed E-state index contributed by atoms with van der Waals surface area (Å²) < 4.78 is 0. The lowest BCUT2D eigenvalue weighted by Crippen LogP contribution is -2.51. The first-order chi connectivity index (χ1) is 6.70. The Hall–Kier alpha value is -0.0800. The molecule has 0 aliphatic carbocycles. The maximum Gasteiger partial charge on any atom is 0.0148 e. The van der Waals surface area contributed by atoms with Gasteiger partial charge < -0.3 is 5.32 Å². The van der Waals surface area contributed by atoms with Gasteiger partial charge in [-0.1, -0.05) is 20.8 Å². The number of hydrogen-bond donors (Lipinski definition) is 1. The van der Waals surface area contributed by atoms with Crippen LogP contribution in [0.4, 0.5) is 0 Å². The van der Waals surface area contributed by atoms with Crippen LogP contribution in [0.2, 0.25) is 0 Å². The summed E-state index contributed by atoms with van der Waals surface area (Å²) in [7, 11) is 0. The van der Waals surface area contributed by atoms with Gasteiger partial charge in [-0.2, -0.15) is 0 Å². The van der Waals surface area contributed by atoms with Gasteiger partial charge in [-0.15, -0.1) is 0 Å². The summed E-state index contributed by atoms with van der Waals surface area (Å²) in [6.45, 7) is 12.9. The predicted octanol–water partition coefficient (Wildman–Crippen LogP) is 2.10. The van der Waals surface area contributed by atoms with Crippen LogP contribution in [0.3, 0.4) is 0 Å². The molecule has 3 atom stereocenters. The summed E-state index contributed by atoms with van der Waals surface area (Å²) in [5, 5.41) is 3.47. The van der Waals surface area contributed by atoms with E-state index in [2.05, 4.69) is 37.9 Å². The normalized spacial score (nSPS) is 30.6. The monoisotopic (exact) mass is 198 g/mol. The van der Waals surface area contributed by atoms with Crippen molar-refractivity contribution in [2.75, 3.05) is 19.6 Å². The van der Waals surface area contributed by atoms with Gasteiger partial charge in [0.15, 0.2) is 0 Å². The Labute approximate surface area is 89.1 Å². The molecule has 0 aromatic heterocycles. The van der Waals surface area contributed by atoms with Crippen molar-refractivity contribution >= 4 is 0 Å². The molecule has 2 nitrogen and oxygen atoms in total. The average Bonchev–Trinajstić information content (AvgIpc) is 2.21. The topological polar surface area (TPSA) is 15.3 Å². The van der Waals surface area contributed by atoms with Gasteiger partial charge in [-0.05, 0) is 45.3 Å². The molecule has 0 aromatic rings. The predicted molar refractivity (Wildman–Crippen MR) is 62.6 cm³/mol. The van der Waals surface area contributed by atoms with Gasteiger partial charge in [0.1, 0.15) is 0 Å². The van der Waals surface area contributed by atoms with E-state index in [1.54, 1.807) is 0 Å². The first-order valence-electron chi connectivity index (χ1n) is 6.17. The molecular formula is C12H26N2. The lowest BCUT2D eigenvalue weighted by Gasteiger charge is -2.41. The van der Waals surface area contributed by atoms with Crippen molar-refractivity contribution in [3.63, 3.8) is 0 Å². The maximum absolute atomic E-state index is 3.47. The van der Waals surface area contributed by atoms with Crippen LogP contribution in [0.5, 0.6) is 0 Å². The highest BCUT2D eigenvalue weighted by molar-refractivity contribution is 4.84. The highest BCUT2D eigenvalue weighted by atomic mass is 15.2. The Morgan fingerprint density at radius 1 is 1.43 bits per heavy atom. The molecule has 1 fully saturated rings. The Morgan fingerprint density at radius 3 is 2.64 bits per heavy atom. The van der Waals surface area contributed by atoms with Crippen LogP contribution in [0.25, 0.3) is 0 Å². The van der Waals surface area contributed by atoms with E-state index < -0.39 is 0 Å². The second kappa shape index (κ2) is 5.72. The molecule has 1 aliphatic rings. The minimum atomic E-state index is 0.741. The third-order valence-corrected chi connectivity index (χ3v) is 3.69. The molecule has 1 rings (SSSR count). The Kier molecular flexibility index (Phi) is 4.90. The summed E-state index contributed by atoms with van der Waals surface area (Å²) >= 11 is 0. The van der Waals surface area contributed by atoms with Gasteiger partial charge in [-0.25, -0.2) is 0 Å². The Balaban J connectivity index is 2.57. The van der Waals surface area contributed by atoms with Gasteiger partial charge in [0.05, 0.1) is 0 Å². The van der Waals surface area contributed by atoms with E-state index in [1.165, 1.54) is 32.5 Å². The van der Waals surface area contributed by atoms with E-state index in [0.717, 1.165) is 18.0 Å². The zero-order valence-electron chi connectivity index (χ0n) is 10.2. The van der Waals surface area contributed by atoms with Gasteiger partial charge in [0.25, 0.3) is 0 Å². The van der Waals surface area contributed by atoms with Crippen LogP contribution >= 0.6 is 0 Å².